The highest BCUT2D eigenvalue weighted by Crippen LogP contribution is 2.19. The van der Waals surface area contributed by atoms with Gasteiger partial charge in [-0.3, -0.25) is 0 Å². The average Bonchev–Trinajstić information content (AvgIpc) is 2.04. The lowest BCUT2D eigenvalue weighted by Gasteiger charge is -2.32. The minimum atomic E-state index is -1.10. The first kappa shape index (κ1) is 9.25. The summed E-state index contributed by atoms with van der Waals surface area (Å²) < 4.78 is 13.1. The average molecular weight is 176 g/mol. The van der Waals surface area contributed by atoms with E-state index >= 15 is 0 Å². The number of amides is 1. The molecule has 2 atom stereocenters. The molecule has 12 heavy (non-hydrogen) atoms. The normalized spacial score (nSPS) is 30.3. The van der Waals surface area contributed by atoms with Gasteiger partial charge in [0.15, 0.2) is 0 Å². The number of alkyl halides is 1. The fourth-order valence-corrected chi connectivity index (χ4v) is 1.39. The highest BCUT2D eigenvalue weighted by Gasteiger charge is 2.30. The molecule has 0 aliphatic carbocycles. The number of likely N-dealkylation sites (tertiary alicyclic amines) is 1. The molecule has 1 amide bonds. The molecule has 70 valence electrons. The van der Waals surface area contributed by atoms with Crippen molar-refractivity contribution < 1.29 is 14.3 Å². The third-order valence-electron chi connectivity index (χ3n) is 2.25. The van der Waals surface area contributed by atoms with Crippen molar-refractivity contribution >= 4 is 6.09 Å². The van der Waals surface area contributed by atoms with Crippen LogP contribution in [0.4, 0.5) is 9.18 Å². The van der Waals surface area contributed by atoms with Gasteiger partial charge in [-0.25, -0.2) is 9.18 Å². The molecule has 1 aliphatic rings. The molecule has 1 aliphatic heterocycles. The van der Waals surface area contributed by atoms with E-state index in [0.29, 0.717) is 19.5 Å². The Morgan fingerprint density at radius 1 is 1.75 bits per heavy atom. The van der Waals surface area contributed by atoms with Gasteiger partial charge in [0.05, 0.1) is 6.54 Å². The van der Waals surface area contributed by atoms with Crippen LogP contribution in [0.25, 0.3) is 0 Å². The number of hydrogen-bond donors (Lipinski definition) is 2. The lowest BCUT2D eigenvalue weighted by Crippen LogP contribution is -2.46. The van der Waals surface area contributed by atoms with Crippen LogP contribution in [0.1, 0.15) is 6.42 Å². The predicted molar refractivity (Wildman–Crippen MR) is 41.7 cm³/mol. The molecule has 0 aromatic rings. The predicted octanol–water partition coefficient (Wildman–Crippen LogP) is 0.283. The molecule has 0 saturated carbocycles. The molecule has 5 heteroatoms. The van der Waals surface area contributed by atoms with Crippen LogP contribution in [0.3, 0.4) is 0 Å². The number of rotatable bonds is 1. The summed E-state index contributed by atoms with van der Waals surface area (Å²) in [5.41, 5.74) is 5.31. The van der Waals surface area contributed by atoms with Gasteiger partial charge in [-0.05, 0) is 13.0 Å². The second-order valence-electron chi connectivity index (χ2n) is 3.03. The zero-order valence-electron chi connectivity index (χ0n) is 6.74. The summed E-state index contributed by atoms with van der Waals surface area (Å²) in [5, 5.41) is 8.54. The van der Waals surface area contributed by atoms with E-state index < -0.39 is 12.3 Å². The van der Waals surface area contributed by atoms with Crippen LogP contribution >= 0.6 is 0 Å². The van der Waals surface area contributed by atoms with Crippen LogP contribution in [-0.4, -0.2) is 41.9 Å². The molecular formula is C7H13FN2O2. The summed E-state index contributed by atoms with van der Waals surface area (Å²) in [6.07, 6.45) is -1.61. The summed E-state index contributed by atoms with van der Waals surface area (Å²) >= 11 is 0. The lowest BCUT2D eigenvalue weighted by atomic mass is 9.95. The third kappa shape index (κ3) is 1.85. The molecule has 0 aromatic carbocycles. The molecule has 1 saturated heterocycles. The Hall–Kier alpha value is -0.840. The van der Waals surface area contributed by atoms with Gasteiger partial charge in [-0.2, -0.15) is 0 Å². The third-order valence-corrected chi connectivity index (χ3v) is 2.25. The van der Waals surface area contributed by atoms with Crippen LogP contribution < -0.4 is 5.73 Å². The maximum absolute atomic E-state index is 13.1. The van der Waals surface area contributed by atoms with Crippen molar-refractivity contribution in [3.05, 3.63) is 0 Å². The Labute approximate surface area is 70.1 Å². The summed E-state index contributed by atoms with van der Waals surface area (Å²) in [5.74, 6) is -0.166. The number of nitrogens with two attached hydrogens (primary N) is 1. The fourth-order valence-electron chi connectivity index (χ4n) is 1.39. The smallest absolute Gasteiger partial charge is 0.407 e. The van der Waals surface area contributed by atoms with Gasteiger partial charge >= 0.3 is 6.09 Å². The standard InChI is InChI=1S/C7H13FN2O2/c8-6-4-10(7(11)12)2-1-5(6)3-9/h5-6H,1-4,9H2,(H,11,12). The number of nitrogens with zero attached hydrogens (tertiary/aromatic N) is 1. The highest BCUT2D eigenvalue weighted by atomic mass is 19.1. The first-order chi connectivity index (χ1) is 5.65. The zero-order valence-corrected chi connectivity index (χ0v) is 6.74. The van der Waals surface area contributed by atoms with Crippen LogP contribution in [0.5, 0.6) is 0 Å². The van der Waals surface area contributed by atoms with Gasteiger partial charge in [0.1, 0.15) is 6.17 Å². The van der Waals surface area contributed by atoms with E-state index in [-0.39, 0.29) is 12.5 Å². The van der Waals surface area contributed by atoms with Gasteiger partial charge in [-0.15, -0.1) is 0 Å². The fraction of sp³-hybridized carbons (Fsp3) is 0.857. The van der Waals surface area contributed by atoms with E-state index in [4.69, 9.17) is 10.8 Å². The largest absolute Gasteiger partial charge is 0.465 e. The number of halogens is 1. The molecule has 1 heterocycles. The maximum Gasteiger partial charge on any atom is 0.407 e. The van der Waals surface area contributed by atoms with Gasteiger partial charge < -0.3 is 15.7 Å². The Morgan fingerprint density at radius 3 is 2.83 bits per heavy atom. The van der Waals surface area contributed by atoms with Crippen molar-refractivity contribution in [2.45, 2.75) is 12.6 Å². The topological polar surface area (TPSA) is 66.6 Å². The van der Waals surface area contributed by atoms with Crippen molar-refractivity contribution in [1.29, 1.82) is 0 Å². The quantitative estimate of drug-likeness (QED) is 0.603. The lowest BCUT2D eigenvalue weighted by molar-refractivity contribution is 0.0786. The highest BCUT2D eigenvalue weighted by molar-refractivity contribution is 5.65. The van der Waals surface area contributed by atoms with E-state index in [9.17, 15) is 9.18 Å². The van der Waals surface area contributed by atoms with Crippen molar-refractivity contribution in [3.63, 3.8) is 0 Å². The van der Waals surface area contributed by atoms with E-state index in [0.717, 1.165) is 4.90 Å². The van der Waals surface area contributed by atoms with Crippen molar-refractivity contribution in [1.82, 2.24) is 4.90 Å². The molecule has 0 bridgehead atoms. The molecule has 3 N–H and O–H groups in total. The first-order valence-corrected chi connectivity index (χ1v) is 3.97. The Bertz CT molecular complexity index is 177. The van der Waals surface area contributed by atoms with Gasteiger partial charge in [0.25, 0.3) is 0 Å². The minimum Gasteiger partial charge on any atom is -0.465 e. The molecule has 0 spiro atoms. The first-order valence-electron chi connectivity index (χ1n) is 3.97. The Kier molecular flexibility index (Phi) is 2.86. The van der Waals surface area contributed by atoms with E-state index in [1.165, 1.54) is 0 Å². The number of carboxylic acid groups (broad SMARTS) is 1. The van der Waals surface area contributed by atoms with Crippen molar-refractivity contribution in [3.8, 4) is 0 Å². The Balaban J connectivity index is 2.46. The van der Waals surface area contributed by atoms with Crippen LogP contribution in [0.2, 0.25) is 0 Å². The van der Waals surface area contributed by atoms with Crippen LogP contribution in [0.15, 0.2) is 0 Å². The van der Waals surface area contributed by atoms with E-state index in [1.54, 1.807) is 0 Å². The number of hydrogen-bond acceptors (Lipinski definition) is 2. The van der Waals surface area contributed by atoms with Crippen LogP contribution in [-0.2, 0) is 0 Å². The van der Waals surface area contributed by atoms with Gasteiger partial charge in [0, 0.05) is 12.5 Å². The molecule has 4 nitrogen and oxygen atoms in total. The van der Waals surface area contributed by atoms with Gasteiger partial charge in [-0.1, -0.05) is 0 Å². The van der Waals surface area contributed by atoms with Crippen molar-refractivity contribution in [2.24, 2.45) is 11.7 Å². The second kappa shape index (κ2) is 3.71. The number of piperidine rings is 1. The summed E-state index contributed by atoms with van der Waals surface area (Å²) in [4.78, 5) is 11.5. The molecule has 2 unspecified atom stereocenters. The Morgan fingerprint density at radius 2 is 2.42 bits per heavy atom. The SMILES string of the molecule is NCC1CCN(C(=O)O)CC1F. The molecule has 0 aromatic heterocycles. The summed E-state index contributed by atoms with van der Waals surface area (Å²) in [6, 6.07) is 0. The maximum atomic E-state index is 13.1. The summed E-state index contributed by atoms with van der Waals surface area (Å²) in [6.45, 7) is 0.670. The number of carbonyl (C=O) groups is 1. The van der Waals surface area contributed by atoms with Gasteiger partial charge in [0.2, 0.25) is 0 Å². The zero-order chi connectivity index (χ0) is 9.14. The second-order valence-corrected chi connectivity index (χ2v) is 3.03. The summed E-state index contributed by atoms with van der Waals surface area (Å²) in [7, 11) is 0. The molecule has 0 radical (unpaired) electrons. The van der Waals surface area contributed by atoms with Crippen LogP contribution in [0, 0.1) is 5.92 Å². The minimum absolute atomic E-state index is 0.0306. The monoisotopic (exact) mass is 176 g/mol. The molecule has 1 fully saturated rings. The van der Waals surface area contributed by atoms with E-state index in [1.807, 2.05) is 0 Å². The molecular weight excluding hydrogens is 163 g/mol. The van der Waals surface area contributed by atoms with E-state index in [2.05, 4.69) is 0 Å². The molecule has 1 rings (SSSR count). The van der Waals surface area contributed by atoms with Crippen molar-refractivity contribution in [2.75, 3.05) is 19.6 Å².